The molecule has 0 radical (unpaired) electrons. The summed E-state index contributed by atoms with van der Waals surface area (Å²) in [5.41, 5.74) is 1.26. The topological polar surface area (TPSA) is 66.9 Å². The van der Waals surface area contributed by atoms with Crippen molar-refractivity contribution in [1.29, 1.82) is 0 Å². The number of sulfonamides is 1. The van der Waals surface area contributed by atoms with E-state index in [4.69, 9.17) is 4.74 Å². The molecule has 2 heterocycles. The number of esters is 1. The summed E-state index contributed by atoms with van der Waals surface area (Å²) in [6.45, 7) is 2.43. The molecule has 148 valence electrons. The zero-order chi connectivity index (χ0) is 18.9. The molecular formula is C20H28N2O4S. The summed E-state index contributed by atoms with van der Waals surface area (Å²) in [6, 6.07) is 7.31. The lowest BCUT2D eigenvalue weighted by atomic mass is 9.84. The number of hydrogen-bond donors (Lipinski definition) is 0. The highest BCUT2D eigenvalue weighted by Gasteiger charge is 2.36. The maximum absolute atomic E-state index is 13.0. The Labute approximate surface area is 161 Å². The number of benzene rings is 1. The molecule has 3 aliphatic rings. The molecule has 1 aromatic carbocycles. The van der Waals surface area contributed by atoms with E-state index in [0.29, 0.717) is 50.0 Å². The molecule has 2 saturated heterocycles. The smallest absolute Gasteiger partial charge is 0.323 e. The van der Waals surface area contributed by atoms with Crippen molar-refractivity contribution >= 4 is 16.0 Å². The first-order chi connectivity index (χ1) is 13.1. The fourth-order valence-electron chi connectivity index (χ4n) is 4.57. The summed E-state index contributed by atoms with van der Waals surface area (Å²) < 4.78 is 32.5. The fourth-order valence-corrected chi connectivity index (χ4v) is 5.99. The molecule has 1 aliphatic carbocycles. The summed E-state index contributed by atoms with van der Waals surface area (Å²) in [4.78, 5) is 14.2. The maximum Gasteiger partial charge on any atom is 0.323 e. The number of rotatable bonds is 4. The molecule has 0 spiro atoms. The van der Waals surface area contributed by atoms with Gasteiger partial charge in [-0.2, -0.15) is 4.31 Å². The normalized spacial score (nSPS) is 26.2. The van der Waals surface area contributed by atoms with Crippen LogP contribution in [0.1, 0.15) is 50.0 Å². The van der Waals surface area contributed by atoms with Crippen LogP contribution >= 0.6 is 0 Å². The van der Waals surface area contributed by atoms with E-state index in [0.717, 1.165) is 0 Å². The molecule has 1 aromatic rings. The number of carbonyl (C=O) groups excluding carboxylic acids is 1. The van der Waals surface area contributed by atoms with Gasteiger partial charge in [-0.3, -0.25) is 9.69 Å². The molecule has 7 heteroatoms. The van der Waals surface area contributed by atoms with E-state index in [-0.39, 0.29) is 12.0 Å². The molecule has 0 N–H and O–H groups in total. The Morgan fingerprint density at radius 3 is 2.15 bits per heavy atom. The molecular weight excluding hydrogens is 364 g/mol. The molecule has 2 aliphatic heterocycles. The average Bonchev–Trinajstić information content (AvgIpc) is 3.15. The quantitative estimate of drug-likeness (QED) is 0.736. The van der Waals surface area contributed by atoms with Gasteiger partial charge < -0.3 is 4.74 Å². The Morgan fingerprint density at radius 2 is 1.56 bits per heavy atom. The van der Waals surface area contributed by atoms with Crippen LogP contribution in [-0.2, 0) is 19.6 Å². The number of piperazine rings is 1. The monoisotopic (exact) mass is 392 g/mol. The first-order valence-corrected chi connectivity index (χ1v) is 11.5. The van der Waals surface area contributed by atoms with Crippen LogP contribution in [0.3, 0.4) is 0 Å². The van der Waals surface area contributed by atoms with Gasteiger partial charge in [0.15, 0.2) is 0 Å². The van der Waals surface area contributed by atoms with Crippen LogP contribution in [0, 0.1) is 0 Å². The van der Waals surface area contributed by atoms with Crippen molar-refractivity contribution in [2.45, 2.75) is 55.4 Å². The van der Waals surface area contributed by atoms with E-state index < -0.39 is 10.0 Å². The van der Waals surface area contributed by atoms with Crippen LogP contribution in [0.2, 0.25) is 0 Å². The third-order valence-electron chi connectivity index (χ3n) is 6.22. The van der Waals surface area contributed by atoms with Crippen LogP contribution in [0.4, 0.5) is 0 Å². The first-order valence-electron chi connectivity index (χ1n) is 10.1. The van der Waals surface area contributed by atoms with E-state index in [1.54, 1.807) is 16.4 Å². The number of carbonyl (C=O) groups is 1. The van der Waals surface area contributed by atoms with Crippen LogP contribution < -0.4 is 0 Å². The lowest BCUT2D eigenvalue weighted by molar-refractivity contribution is -0.142. The van der Waals surface area contributed by atoms with E-state index in [9.17, 15) is 13.2 Å². The van der Waals surface area contributed by atoms with Crippen molar-refractivity contribution in [3.8, 4) is 0 Å². The van der Waals surface area contributed by atoms with Crippen molar-refractivity contribution in [2.75, 3.05) is 32.8 Å². The van der Waals surface area contributed by atoms with Gasteiger partial charge in [-0.15, -0.1) is 0 Å². The number of nitrogens with zero attached hydrogens (tertiary/aromatic N) is 2. The van der Waals surface area contributed by atoms with Gasteiger partial charge >= 0.3 is 5.97 Å². The molecule has 0 amide bonds. The van der Waals surface area contributed by atoms with Crippen LogP contribution in [0.15, 0.2) is 29.2 Å². The molecule has 0 bridgehead atoms. The first kappa shape index (κ1) is 18.9. The summed E-state index contributed by atoms with van der Waals surface area (Å²) in [6.07, 6.45) is 6.96. The van der Waals surface area contributed by atoms with Gasteiger partial charge in [0, 0.05) is 32.6 Å². The highest BCUT2D eigenvalue weighted by atomic mass is 32.2. The Bertz CT molecular complexity index is 764. The predicted octanol–water partition coefficient (Wildman–Crippen LogP) is 2.36. The molecule has 0 unspecified atom stereocenters. The Hall–Kier alpha value is -1.44. The lowest BCUT2D eigenvalue weighted by Gasteiger charge is -2.35. The second-order valence-electron chi connectivity index (χ2n) is 7.82. The summed E-state index contributed by atoms with van der Waals surface area (Å²) in [5, 5.41) is 0. The van der Waals surface area contributed by atoms with E-state index in [2.05, 4.69) is 0 Å². The molecule has 0 aromatic heterocycles. The van der Waals surface area contributed by atoms with Gasteiger partial charge in [-0.25, -0.2) is 8.42 Å². The standard InChI is InChI=1S/C20H28N2O4S/c23-20-19(10-15-26-20)21-11-13-22(14-12-21)27(24,25)18-8-6-17(7-9-18)16-4-2-1-3-5-16/h6-9,16,19H,1-5,10-15H2/t19-/m1/s1. The third kappa shape index (κ3) is 3.91. The molecule has 3 fully saturated rings. The number of ether oxygens (including phenoxy) is 1. The van der Waals surface area contributed by atoms with Gasteiger partial charge in [-0.1, -0.05) is 31.4 Å². The Balaban J connectivity index is 1.40. The molecule has 1 atom stereocenters. The van der Waals surface area contributed by atoms with Crippen molar-refractivity contribution in [3.63, 3.8) is 0 Å². The average molecular weight is 393 g/mol. The van der Waals surface area contributed by atoms with Crippen molar-refractivity contribution in [2.24, 2.45) is 0 Å². The van der Waals surface area contributed by atoms with Gasteiger partial charge in [0.1, 0.15) is 6.04 Å². The van der Waals surface area contributed by atoms with Gasteiger partial charge in [-0.05, 0) is 36.5 Å². The van der Waals surface area contributed by atoms with E-state index >= 15 is 0 Å². The lowest BCUT2D eigenvalue weighted by Crippen LogP contribution is -2.52. The maximum atomic E-state index is 13.0. The summed E-state index contributed by atoms with van der Waals surface area (Å²) >= 11 is 0. The molecule has 6 nitrogen and oxygen atoms in total. The van der Waals surface area contributed by atoms with Crippen LogP contribution in [0.5, 0.6) is 0 Å². The minimum Gasteiger partial charge on any atom is -0.464 e. The summed E-state index contributed by atoms with van der Waals surface area (Å²) in [5.74, 6) is 0.398. The highest BCUT2D eigenvalue weighted by molar-refractivity contribution is 7.89. The van der Waals surface area contributed by atoms with Crippen molar-refractivity contribution in [3.05, 3.63) is 29.8 Å². The second kappa shape index (κ2) is 7.89. The van der Waals surface area contributed by atoms with Gasteiger partial charge in [0.25, 0.3) is 0 Å². The van der Waals surface area contributed by atoms with Crippen LogP contribution in [0.25, 0.3) is 0 Å². The Kier molecular flexibility index (Phi) is 5.53. The van der Waals surface area contributed by atoms with E-state index in [1.807, 2.05) is 17.0 Å². The largest absolute Gasteiger partial charge is 0.464 e. The third-order valence-corrected chi connectivity index (χ3v) is 8.13. The minimum atomic E-state index is -3.48. The zero-order valence-electron chi connectivity index (χ0n) is 15.7. The highest BCUT2D eigenvalue weighted by Crippen LogP contribution is 2.33. The van der Waals surface area contributed by atoms with Gasteiger partial charge in [0.05, 0.1) is 11.5 Å². The van der Waals surface area contributed by atoms with Gasteiger partial charge in [0.2, 0.25) is 10.0 Å². The predicted molar refractivity (Wildman–Crippen MR) is 102 cm³/mol. The Morgan fingerprint density at radius 1 is 0.889 bits per heavy atom. The molecule has 4 rings (SSSR count). The van der Waals surface area contributed by atoms with Crippen molar-refractivity contribution < 1.29 is 17.9 Å². The molecule has 1 saturated carbocycles. The van der Waals surface area contributed by atoms with E-state index in [1.165, 1.54) is 37.7 Å². The zero-order valence-corrected chi connectivity index (χ0v) is 16.5. The SMILES string of the molecule is O=C1OCC[C@H]1N1CCN(S(=O)(=O)c2ccc(C3CCCCC3)cc2)CC1. The fraction of sp³-hybridized carbons (Fsp3) is 0.650. The minimum absolute atomic E-state index is 0.176. The number of hydrogen-bond acceptors (Lipinski definition) is 5. The summed E-state index contributed by atoms with van der Waals surface area (Å²) in [7, 11) is -3.48. The van der Waals surface area contributed by atoms with Crippen LogP contribution in [-0.4, -0.2) is 62.4 Å². The molecule has 27 heavy (non-hydrogen) atoms. The second-order valence-corrected chi connectivity index (χ2v) is 9.75. The number of cyclic esters (lactones) is 1. The van der Waals surface area contributed by atoms with Crippen molar-refractivity contribution in [1.82, 2.24) is 9.21 Å².